The van der Waals surface area contributed by atoms with E-state index in [0.29, 0.717) is 6.42 Å². The van der Waals surface area contributed by atoms with E-state index in [0.717, 1.165) is 27.8 Å². The first-order chi connectivity index (χ1) is 8.75. The van der Waals surface area contributed by atoms with Gasteiger partial charge in [-0.25, -0.2) is 0 Å². The van der Waals surface area contributed by atoms with Crippen LogP contribution in [0.4, 0.5) is 0 Å². The number of aliphatic hydroxyl groups is 1. The Labute approximate surface area is 139 Å². The zero-order chi connectivity index (χ0) is 12.5. The van der Waals surface area contributed by atoms with E-state index >= 15 is 0 Å². The third-order valence-corrected chi connectivity index (χ3v) is 3.34. The molecule has 0 aromatic heterocycles. The summed E-state index contributed by atoms with van der Waals surface area (Å²) in [5.74, 6) is 0. The monoisotopic (exact) mass is 323 g/mol. The average molecular weight is 323 g/mol. The molecular formula is C17H14OY-2. The van der Waals surface area contributed by atoms with Crippen LogP contribution in [0.2, 0.25) is 0 Å². The van der Waals surface area contributed by atoms with Gasteiger partial charge in [-0.05, 0) is 6.42 Å². The number of aliphatic hydroxyl groups excluding tert-OH is 1. The minimum Gasteiger partial charge on any atom is -0.391 e. The van der Waals surface area contributed by atoms with Crippen molar-refractivity contribution in [2.45, 2.75) is 12.5 Å². The molecule has 1 nitrogen and oxygen atoms in total. The zero-order valence-corrected chi connectivity index (χ0v) is 13.5. The van der Waals surface area contributed by atoms with Crippen molar-refractivity contribution in [3.05, 3.63) is 83.8 Å². The quantitative estimate of drug-likeness (QED) is 0.800. The normalized spacial score (nSPS) is 17.1. The Morgan fingerprint density at radius 2 is 1.74 bits per heavy atom. The van der Waals surface area contributed by atoms with Gasteiger partial charge in [0.2, 0.25) is 0 Å². The second-order valence-corrected chi connectivity index (χ2v) is 4.57. The van der Waals surface area contributed by atoms with Gasteiger partial charge < -0.3 is 5.11 Å². The molecule has 0 fully saturated rings. The van der Waals surface area contributed by atoms with Crippen molar-refractivity contribution < 1.29 is 37.8 Å². The van der Waals surface area contributed by atoms with E-state index in [1.54, 1.807) is 0 Å². The standard InChI is InChI=1S/C17H14O.Y/c1-12-6-2-5-9-15(12)16-10-13-7-3-4-8-14(13)11-17(16)18;/h2-9,17-18H,1,11H2;/q-2;. The molecule has 0 saturated heterocycles. The first kappa shape index (κ1) is 14.5. The topological polar surface area (TPSA) is 20.2 Å². The van der Waals surface area contributed by atoms with Crippen LogP contribution in [-0.4, -0.2) is 11.2 Å². The van der Waals surface area contributed by atoms with E-state index in [1.807, 2.05) is 48.5 Å². The summed E-state index contributed by atoms with van der Waals surface area (Å²) in [5.41, 5.74) is 4.98. The number of hydrogen-bond acceptors (Lipinski definition) is 1. The molecule has 0 spiro atoms. The van der Waals surface area contributed by atoms with Crippen LogP contribution in [0.25, 0.3) is 5.57 Å². The summed E-state index contributed by atoms with van der Waals surface area (Å²) < 4.78 is 0. The Morgan fingerprint density at radius 3 is 2.53 bits per heavy atom. The fourth-order valence-corrected chi connectivity index (χ4v) is 2.39. The van der Waals surface area contributed by atoms with Crippen molar-refractivity contribution >= 4 is 5.57 Å². The van der Waals surface area contributed by atoms with Crippen molar-refractivity contribution in [1.82, 2.24) is 0 Å². The molecule has 1 N–H and O–H groups in total. The number of rotatable bonds is 1. The van der Waals surface area contributed by atoms with Crippen molar-refractivity contribution in [3.63, 3.8) is 0 Å². The summed E-state index contributed by atoms with van der Waals surface area (Å²) in [6.45, 7) is 4.01. The maximum absolute atomic E-state index is 10.3. The minimum absolute atomic E-state index is 0. The maximum Gasteiger partial charge on any atom is 0.0588 e. The molecule has 0 heterocycles. The van der Waals surface area contributed by atoms with Crippen LogP contribution in [0.3, 0.4) is 0 Å². The van der Waals surface area contributed by atoms with E-state index in [-0.39, 0.29) is 32.7 Å². The van der Waals surface area contributed by atoms with Gasteiger partial charge in [0.15, 0.2) is 0 Å². The molecule has 1 radical (unpaired) electrons. The van der Waals surface area contributed by atoms with Gasteiger partial charge in [-0.3, -0.25) is 0 Å². The molecule has 2 heteroatoms. The summed E-state index contributed by atoms with van der Waals surface area (Å²) >= 11 is 0. The van der Waals surface area contributed by atoms with Gasteiger partial charge in [-0.1, -0.05) is 23.8 Å². The van der Waals surface area contributed by atoms with Crippen LogP contribution >= 0.6 is 0 Å². The van der Waals surface area contributed by atoms with Crippen LogP contribution in [-0.2, 0) is 39.1 Å². The Balaban J connectivity index is 0.00000133. The number of benzene rings is 2. The molecule has 1 unspecified atom stereocenters. The summed E-state index contributed by atoms with van der Waals surface area (Å²) in [7, 11) is 0. The van der Waals surface area contributed by atoms with Crippen LogP contribution in [0.1, 0.15) is 22.3 Å². The Morgan fingerprint density at radius 1 is 1.05 bits per heavy atom. The first-order valence-electron chi connectivity index (χ1n) is 6.07. The molecule has 0 saturated carbocycles. The molecule has 0 bridgehead atoms. The van der Waals surface area contributed by atoms with E-state index in [4.69, 9.17) is 0 Å². The number of hydrogen-bond donors (Lipinski definition) is 1. The summed E-state index contributed by atoms with van der Waals surface area (Å²) in [6.07, 6.45) is 3.48. The van der Waals surface area contributed by atoms with Crippen LogP contribution in [0.15, 0.2) is 48.5 Å². The molecule has 3 rings (SSSR count). The van der Waals surface area contributed by atoms with Crippen molar-refractivity contribution in [2.24, 2.45) is 0 Å². The van der Waals surface area contributed by atoms with Gasteiger partial charge in [0.05, 0.1) is 6.10 Å². The van der Waals surface area contributed by atoms with E-state index in [9.17, 15) is 5.11 Å². The first-order valence-corrected chi connectivity index (χ1v) is 6.07. The largest absolute Gasteiger partial charge is 0.391 e. The smallest absolute Gasteiger partial charge is 0.0588 e. The maximum atomic E-state index is 10.3. The van der Waals surface area contributed by atoms with Gasteiger partial charge in [0, 0.05) is 32.7 Å². The molecule has 0 amide bonds. The molecule has 1 atom stereocenters. The molecule has 2 aromatic rings. The second-order valence-electron chi connectivity index (χ2n) is 4.57. The molecule has 0 aliphatic heterocycles. The Bertz CT molecular complexity index is 616. The fourth-order valence-electron chi connectivity index (χ4n) is 2.39. The molecule has 1 aliphatic carbocycles. The molecule has 19 heavy (non-hydrogen) atoms. The van der Waals surface area contributed by atoms with Crippen LogP contribution in [0.5, 0.6) is 0 Å². The predicted molar refractivity (Wildman–Crippen MR) is 72.8 cm³/mol. The van der Waals surface area contributed by atoms with Crippen molar-refractivity contribution in [3.8, 4) is 0 Å². The van der Waals surface area contributed by atoms with Gasteiger partial charge in [-0.2, -0.15) is 18.6 Å². The van der Waals surface area contributed by atoms with Gasteiger partial charge >= 0.3 is 0 Å². The summed E-state index contributed by atoms with van der Waals surface area (Å²) in [5, 5.41) is 10.3. The Kier molecular flexibility index (Phi) is 4.62. The van der Waals surface area contributed by atoms with E-state index < -0.39 is 6.10 Å². The predicted octanol–water partition coefficient (Wildman–Crippen LogP) is 3.02. The van der Waals surface area contributed by atoms with Crippen LogP contribution < -0.4 is 0 Å². The SMILES string of the molecule is [CH2-]c1ccccc1C1=[C-]c2ccccc2CC1O.[Y]. The fraction of sp³-hybridized carbons (Fsp3) is 0.118. The third kappa shape index (κ3) is 2.84. The van der Waals surface area contributed by atoms with Crippen molar-refractivity contribution in [2.75, 3.05) is 0 Å². The third-order valence-electron chi connectivity index (χ3n) is 3.34. The summed E-state index contributed by atoms with van der Waals surface area (Å²) in [6, 6.07) is 15.9. The molecular weight excluding hydrogens is 309 g/mol. The minimum atomic E-state index is -0.497. The molecule has 93 valence electrons. The van der Waals surface area contributed by atoms with Crippen LogP contribution in [0, 0.1) is 13.0 Å². The van der Waals surface area contributed by atoms with Gasteiger partial charge in [0.1, 0.15) is 0 Å². The Hall–Kier alpha value is -0.886. The summed E-state index contributed by atoms with van der Waals surface area (Å²) in [4.78, 5) is 0. The molecule has 2 aromatic carbocycles. The second kappa shape index (κ2) is 6.04. The number of fused-ring (bicyclic) bond motifs is 1. The van der Waals surface area contributed by atoms with E-state index in [2.05, 4.69) is 13.0 Å². The van der Waals surface area contributed by atoms with Gasteiger partial charge in [0.25, 0.3) is 0 Å². The van der Waals surface area contributed by atoms with Gasteiger partial charge in [-0.15, -0.1) is 47.0 Å². The molecule has 1 aliphatic rings. The van der Waals surface area contributed by atoms with Crippen molar-refractivity contribution in [1.29, 1.82) is 0 Å². The average Bonchev–Trinajstić information content (AvgIpc) is 2.39. The van der Waals surface area contributed by atoms with E-state index in [1.165, 1.54) is 0 Å². The zero-order valence-electron chi connectivity index (χ0n) is 10.6.